The van der Waals surface area contributed by atoms with E-state index >= 15 is 0 Å². The minimum absolute atomic E-state index is 0.0497. The summed E-state index contributed by atoms with van der Waals surface area (Å²) in [6, 6.07) is 14.0. The van der Waals surface area contributed by atoms with Crippen LogP contribution in [0.1, 0.15) is 22.0 Å². The molecule has 1 aliphatic heterocycles. The number of Topliss-reactive ketones (excluding diaryl/α,β-unsaturated/α-hetero) is 1. The SMILES string of the molecule is COc1ccc(/C(O)=C2/C(=O)C(=O)N(CCc3ccc(F)cc3)C2c2cccs2)cc1Br. The second kappa shape index (κ2) is 9.26. The van der Waals surface area contributed by atoms with Gasteiger partial charge in [-0.1, -0.05) is 18.2 Å². The van der Waals surface area contributed by atoms with Crippen LogP contribution in [0.15, 0.2) is 70.0 Å². The van der Waals surface area contributed by atoms with Crippen LogP contribution in [0.3, 0.4) is 0 Å². The molecule has 1 N–H and O–H groups in total. The number of carbonyl (C=O) groups is 2. The van der Waals surface area contributed by atoms with Gasteiger partial charge in [0, 0.05) is 17.0 Å². The summed E-state index contributed by atoms with van der Waals surface area (Å²) in [7, 11) is 1.53. The predicted octanol–water partition coefficient (Wildman–Crippen LogP) is 5.32. The van der Waals surface area contributed by atoms with Crippen molar-refractivity contribution in [2.45, 2.75) is 12.5 Å². The number of nitrogens with zero attached hydrogens (tertiary/aromatic N) is 1. The highest BCUT2D eigenvalue weighted by atomic mass is 79.9. The first kappa shape index (κ1) is 22.2. The standard InChI is InChI=1S/C24H19BrFNO4S/c1-31-18-9-6-15(13-17(18)25)22(28)20-21(19-3-2-12-32-19)27(24(30)23(20)29)11-10-14-4-7-16(26)8-5-14/h2-9,12-13,21,28H,10-11H2,1H3/b22-20-. The third kappa shape index (κ3) is 4.20. The van der Waals surface area contributed by atoms with E-state index in [1.165, 1.54) is 35.5 Å². The molecule has 1 amide bonds. The molecule has 32 heavy (non-hydrogen) atoms. The molecule has 1 aliphatic rings. The number of halogens is 2. The number of hydrogen-bond donors (Lipinski definition) is 1. The molecule has 3 aromatic rings. The summed E-state index contributed by atoms with van der Waals surface area (Å²) in [5.74, 6) is -1.39. The van der Waals surface area contributed by atoms with Crippen LogP contribution in [0.2, 0.25) is 0 Å². The van der Waals surface area contributed by atoms with Gasteiger partial charge in [-0.2, -0.15) is 0 Å². The molecule has 0 bridgehead atoms. The zero-order valence-electron chi connectivity index (χ0n) is 17.0. The highest BCUT2D eigenvalue weighted by Gasteiger charge is 2.46. The zero-order valence-corrected chi connectivity index (χ0v) is 19.5. The number of hydrogen-bond acceptors (Lipinski definition) is 5. The van der Waals surface area contributed by atoms with E-state index in [1.807, 2.05) is 17.5 Å². The first-order chi connectivity index (χ1) is 15.4. The Balaban J connectivity index is 1.73. The number of benzene rings is 2. The Bertz CT molecular complexity index is 1190. The van der Waals surface area contributed by atoms with Crippen LogP contribution in [-0.2, 0) is 16.0 Å². The number of ketones is 1. The smallest absolute Gasteiger partial charge is 0.295 e. The van der Waals surface area contributed by atoms with Gasteiger partial charge >= 0.3 is 0 Å². The molecule has 2 heterocycles. The van der Waals surface area contributed by atoms with Gasteiger partial charge in [0.2, 0.25) is 0 Å². The van der Waals surface area contributed by atoms with Crippen LogP contribution < -0.4 is 4.74 Å². The van der Waals surface area contributed by atoms with Crippen LogP contribution >= 0.6 is 27.3 Å². The van der Waals surface area contributed by atoms with Crippen molar-refractivity contribution < 1.29 is 23.8 Å². The average molecular weight is 516 g/mol. The van der Waals surface area contributed by atoms with Crippen molar-refractivity contribution in [2.24, 2.45) is 0 Å². The van der Waals surface area contributed by atoms with Gasteiger partial charge in [0.15, 0.2) is 0 Å². The van der Waals surface area contributed by atoms with E-state index in [-0.39, 0.29) is 23.7 Å². The first-order valence-corrected chi connectivity index (χ1v) is 11.5. The fourth-order valence-corrected chi connectivity index (χ4v) is 5.11. The van der Waals surface area contributed by atoms with E-state index in [4.69, 9.17) is 4.74 Å². The predicted molar refractivity (Wildman–Crippen MR) is 124 cm³/mol. The van der Waals surface area contributed by atoms with Gasteiger partial charge in [0.25, 0.3) is 11.7 Å². The fourth-order valence-electron chi connectivity index (χ4n) is 3.72. The monoisotopic (exact) mass is 515 g/mol. The average Bonchev–Trinajstić information content (AvgIpc) is 3.40. The number of methoxy groups -OCH3 is 1. The molecule has 0 spiro atoms. The van der Waals surface area contributed by atoms with E-state index < -0.39 is 17.7 Å². The van der Waals surface area contributed by atoms with Gasteiger partial charge in [-0.15, -0.1) is 11.3 Å². The highest BCUT2D eigenvalue weighted by molar-refractivity contribution is 9.10. The lowest BCUT2D eigenvalue weighted by atomic mass is 9.99. The summed E-state index contributed by atoms with van der Waals surface area (Å²) in [5, 5.41) is 12.9. The second-order valence-electron chi connectivity index (χ2n) is 7.23. The molecule has 164 valence electrons. The van der Waals surface area contributed by atoms with Crippen molar-refractivity contribution in [1.82, 2.24) is 4.90 Å². The second-order valence-corrected chi connectivity index (χ2v) is 9.07. The molecule has 4 rings (SSSR count). The van der Waals surface area contributed by atoms with Crippen LogP contribution in [0.5, 0.6) is 5.75 Å². The summed E-state index contributed by atoms with van der Waals surface area (Å²) >= 11 is 4.79. The van der Waals surface area contributed by atoms with Crippen LogP contribution in [0, 0.1) is 5.82 Å². The van der Waals surface area contributed by atoms with E-state index in [9.17, 15) is 19.1 Å². The third-order valence-corrected chi connectivity index (χ3v) is 6.88. The molecule has 2 aromatic carbocycles. The topological polar surface area (TPSA) is 66.8 Å². The lowest BCUT2D eigenvalue weighted by molar-refractivity contribution is -0.139. The molecule has 1 saturated heterocycles. The maximum absolute atomic E-state index is 13.2. The largest absolute Gasteiger partial charge is 0.507 e. The van der Waals surface area contributed by atoms with Crippen molar-refractivity contribution in [1.29, 1.82) is 0 Å². The van der Waals surface area contributed by atoms with Gasteiger partial charge in [0.05, 0.1) is 23.2 Å². The van der Waals surface area contributed by atoms with Gasteiger partial charge in [-0.25, -0.2) is 4.39 Å². The quantitative estimate of drug-likeness (QED) is 0.274. The molecule has 0 radical (unpaired) electrons. The Morgan fingerprint density at radius 1 is 1.19 bits per heavy atom. The van der Waals surface area contributed by atoms with Gasteiger partial charge in [-0.05, 0) is 69.7 Å². The maximum Gasteiger partial charge on any atom is 0.295 e. The van der Waals surface area contributed by atoms with Crippen molar-refractivity contribution in [2.75, 3.05) is 13.7 Å². The van der Waals surface area contributed by atoms with Crippen LogP contribution in [-0.4, -0.2) is 35.4 Å². The molecular weight excluding hydrogens is 497 g/mol. The maximum atomic E-state index is 13.2. The summed E-state index contributed by atoms with van der Waals surface area (Å²) in [6.07, 6.45) is 0.448. The Kier molecular flexibility index (Phi) is 6.43. The van der Waals surface area contributed by atoms with E-state index in [2.05, 4.69) is 15.9 Å². The normalized spacial score (nSPS) is 17.7. The Labute approximate surface area is 196 Å². The number of aliphatic hydroxyl groups excluding tert-OH is 1. The van der Waals surface area contributed by atoms with Gasteiger partial charge in [-0.3, -0.25) is 9.59 Å². The number of thiophene rings is 1. The van der Waals surface area contributed by atoms with Crippen molar-refractivity contribution in [3.8, 4) is 5.75 Å². The number of ether oxygens (including phenoxy) is 1. The van der Waals surface area contributed by atoms with E-state index in [1.54, 1.807) is 30.3 Å². The van der Waals surface area contributed by atoms with Gasteiger partial charge < -0.3 is 14.7 Å². The molecule has 1 aromatic heterocycles. The molecule has 0 aliphatic carbocycles. The Morgan fingerprint density at radius 3 is 2.56 bits per heavy atom. The molecule has 0 saturated carbocycles. The number of likely N-dealkylation sites (tertiary alicyclic amines) is 1. The number of aliphatic hydroxyl groups is 1. The molecular formula is C24H19BrFNO4S. The molecule has 1 atom stereocenters. The van der Waals surface area contributed by atoms with E-state index in [0.29, 0.717) is 22.2 Å². The minimum Gasteiger partial charge on any atom is -0.507 e. The van der Waals surface area contributed by atoms with Crippen molar-refractivity contribution in [3.05, 3.63) is 91.8 Å². The number of amides is 1. The van der Waals surface area contributed by atoms with Crippen LogP contribution in [0.25, 0.3) is 5.76 Å². The van der Waals surface area contributed by atoms with Crippen LogP contribution in [0.4, 0.5) is 4.39 Å². The van der Waals surface area contributed by atoms with Gasteiger partial charge in [0.1, 0.15) is 17.3 Å². The Morgan fingerprint density at radius 2 is 1.94 bits per heavy atom. The summed E-state index contributed by atoms with van der Waals surface area (Å²) in [4.78, 5) is 28.2. The first-order valence-electron chi connectivity index (χ1n) is 9.81. The zero-order chi connectivity index (χ0) is 22.8. The van der Waals surface area contributed by atoms with E-state index in [0.717, 1.165) is 10.4 Å². The highest BCUT2D eigenvalue weighted by Crippen LogP contribution is 2.41. The molecule has 5 nitrogen and oxygen atoms in total. The summed E-state index contributed by atoms with van der Waals surface area (Å²) in [5.41, 5.74) is 1.29. The minimum atomic E-state index is -0.730. The van der Waals surface area contributed by atoms with Crippen molar-refractivity contribution >= 4 is 44.7 Å². The Hall–Kier alpha value is -2.97. The molecule has 8 heteroatoms. The van der Waals surface area contributed by atoms with Crippen molar-refractivity contribution in [3.63, 3.8) is 0 Å². The number of rotatable bonds is 6. The molecule has 1 fully saturated rings. The lowest BCUT2D eigenvalue weighted by Crippen LogP contribution is -2.31. The summed E-state index contributed by atoms with van der Waals surface area (Å²) in [6.45, 7) is 0.252. The lowest BCUT2D eigenvalue weighted by Gasteiger charge is -2.24. The number of carbonyl (C=O) groups excluding carboxylic acids is 2. The molecule has 1 unspecified atom stereocenters. The summed E-state index contributed by atoms with van der Waals surface area (Å²) < 4.78 is 19.1. The fraction of sp³-hybridized carbons (Fsp3) is 0.167. The third-order valence-electron chi connectivity index (χ3n) is 5.33.